The van der Waals surface area contributed by atoms with Crippen LogP contribution in [0.15, 0.2) is 5.70 Å². The average molecular weight is 309 g/mol. The van der Waals surface area contributed by atoms with Crippen LogP contribution >= 0.6 is 0 Å². The second kappa shape index (κ2) is 9.72. The lowest BCUT2D eigenvalue weighted by atomic mass is 10.2. The lowest BCUT2D eigenvalue weighted by molar-refractivity contribution is -0.890. The molecule has 0 saturated carbocycles. The highest BCUT2D eigenvalue weighted by Gasteiger charge is 2.17. The molecule has 0 heterocycles. The van der Waals surface area contributed by atoms with Crippen molar-refractivity contribution in [3.8, 4) is 0 Å². The number of carbonyl (C=O) groups excluding carboxylic acids is 2. The average Bonchev–Trinajstić information content (AvgIpc) is 2.44. The van der Waals surface area contributed by atoms with Gasteiger partial charge in [-0.05, 0) is 5.87 Å². The number of rotatable bonds is 9. The summed E-state index contributed by atoms with van der Waals surface area (Å²) in [6.07, 6.45) is 0.826. The SMILES string of the molecule is [C-]#[N+]C(=C=N)C(=O)OCC[N+](C)(C)CCCNC(=O)C(C)C. The van der Waals surface area contributed by atoms with Crippen LogP contribution in [0.1, 0.15) is 20.3 Å². The minimum absolute atomic E-state index is 0.0135. The predicted molar refractivity (Wildman–Crippen MR) is 83.1 cm³/mol. The van der Waals surface area contributed by atoms with Crippen molar-refractivity contribution in [2.24, 2.45) is 5.92 Å². The number of nitrogens with zero attached hydrogens (tertiary/aromatic N) is 2. The van der Waals surface area contributed by atoms with Crippen LogP contribution in [-0.4, -0.2) is 62.6 Å². The van der Waals surface area contributed by atoms with E-state index >= 15 is 0 Å². The molecule has 22 heavy (non-hydrogen) atoms. The van der Waals surface area contributed by atoms with E-state index in [9.17, 15) is 9.59 Å². The Morgan fingerprint density at radius 1 is 1.36 bits per heavy atom. The van der Waals surface area contributed by atoms with Crippen molar-refractivity contribution < 1.29 is 18.8 Å². The standard InChI is InChI=1S/C15H24N4O3/c1-12(2)14(20)18-7-6-8-19(4,5)9-10-22-15(21)13(11-16)17-3/h12,16H,6-10H2,1-2,4-5H3/p+1. The van der Waals surface area contributed by atoms with Crippen molar-refractivity contribution in [2.75, 3.05) is 40.3 Å². The van der Waals surface area contributed by atoms with E-state index in [-0.39, 0.29) is 18.4 Å². The van der Waals surface area contributed by atoms with Gasteiger partial charge in [-0.2, -0.15) is 0 Å². The topological polar surface area (TPSA) is 83.6 Å². The molecule has 0 aromatic heterocycles. The Balaban J connectivity index is 4.01. The van der Waals surface area contributed by atoms with Gasteiger partial charge in [-0.3, -0.25) is 15.0 Å². The summed E-state index contributed by atoms with van der Waals surface area (Å²) in [7, 11) is 4.00. The fourth-order valence-corrected chi connectivity index (χ4v) is 1.61. The monoisotopic (exact) mass is 309 g/mol. The van der Waals surface area contributed by atoms with Gasteiger partial charge < -0.3 is 14.5 Å². The van der Waals surface area contributed by atoms with E-state index in [1.807, 2.05) is 27.9 Å². The van der Waals surface area contributed by atoms with Crippen molar-refractivity contribution >= 4 is 17.7 Å². The Bertz CT molecular complexity index is 486. The number of carbonyl (C=O) groups is 2. The Kier molecular flexibility index (Phi) is 8.76. The van der Waals surface area contributed by atoms with Crippen LogP contribution in [0.25, 0.3) is 4.85 Å². The molecule has 0 saturated heterocycles. The van der Waals surface area contributed by atoms with Crippen LogP contribution in [0.4, 0.5) is 0 Å². The molecule has 0 aliphatic carbocycles. The fraction of sp³-hybridized carbons (Fsp3) is 0.667. The highest BCUT2D eigenvalue weighted by atomic mass is 16.5. The van der Waals surface area contributed by atoms with E-state index in [1.165, 1.54) is 0 Å². The number of quaternary nitrogens is 1. The third kappa shape index (κ3) is 8.20. The van der Waals surface area contributed by atoms with Gasteiger partial charge in [0.05, 0.1) is 27.2 Å². The van der Waals surface area contributed by atoms with E-state index < -0.39 is 11.7 Å². The van der Waals surface area contributed by atoms with Crippen LogP contribution in [-0.2, 0) is 14.3 Å². The van der Waals surface area contributed by atoms with Crippen molar-refractivity contribution in [2.45, 2.75) is 20.3 Å². The lowest BCUT2D eigenvalue weighted by Gasteiger charge is -2.29. The summed E-state index contributed by atoms with van der Waals surface area (Å²) < 4.78 is 5.57. The van der Waals surface area contributed by atoms with Gasteiger partial charge in [0.1, 0.15) is 13.2 Å². The summed E-state index contributed by atoms with van der Waals surface area (Å²) in [5, 5.41) is 9.64. The number of hydrogen-bond acceptors (Lipinski definition) is 4. The van der Waals surface area contributed by atoms with E-state index in [0.717, 1.165) is 13.0 Å². The zero-order valence-corrected chi connectivity index (χ0v) is 13.7. The molecule has 0 aromatic carbocycles. The van der Waals surface area contributed by atoms with E-state index in [1.54, 1.807) is 5.87 Å². The van der Waals surface area contributed by atoms with Crippen LogP contribution in [0, 0.1) is 17.9 Å². The summed E-state index contributed by atoms with van der Waals surface area (Å²) in [5.41, 5.74) is -0.443. The molecular formula is C15H25N4O3+. The maximum absolute atomic E-state index is 11.4. The Morgan fingerprint density at radius 3 is 2.50 bits per heavy atom. The summed E-state index contributed by atoms with van der Waals surface area (Å²) in [6, 6.07) is 0. The third-order valence-electron chi connectivity index (χ3n) is 3.12. The first-order chi connectivity index (χ1) is 10.2. The van der Waals surface area contributed by atoms with Crippen molar-refractivity contribution in [1.82, 2.24) is 5.32 Å². The molecule has 1 amide bonds. The lowest BCUT2D eigenvalue weighted by Crippen LogP contribution is -2.44. The number of amides is 1. The molecule has 0 aliphatic rings. The molecule has 7 nitrogen and oxygen atoms in total. The van der Waals surface area contributed by atoms with Gasteiger partial charge in [-0.15, -0.1) is 0 Å². The van der Waals surface area contributed by atoms with E-state index in [0.29, 0.717) is 17.6 Å². The molecule has 2 N–H and O–H groups in total. The van der Waals surface area contributed by atoms with Crippen molar-refractivity contribution in [3.05, 3.63) is 17.1 Å². The number of nitrogens with one attached hydrogen (secondary N) is 2. The van der Waals surface area contributed by atoms with E-state index in [2.05, 4.69) is 10.2 Å². The Hall–Kier alpha value is -2.16. The quantitative estimate of drug-likeness (QED) is 0.165. The number of ether oxygens (including phenoxy) is 1. The highest BCUT2D eigenvalue weighted by Crippen LogP contribution is 2.01. The minimum atomic E-state index is -0.811. The van der Waals surface area contributed by atoms with E-state index in [4.69, 9.17) is 16.7 Å². The Labute approximate surface area is 131 Å². The van der Waals surface area contributed by atoms with Gasteiger partial charge >= 0.3 is 11.7 Å². The number of hydrogen-bond donors (Lipinski definition) is 2. The molecule has 0 rings (SSSR count). The van der Waals surface area contributed by atoms with Crippen LogP contribution in [0.2, 0.25) is 0 Å². The molecule has 7 heteroatoms. The summed E-state index contributed by atoms with van der Waals surface area (Å²) >= 11 is 0. The van der Waals surface area contributed by atoms with Crippen molar-refractivity contribution in [3.63, 3.8) is 0 Å². The summed E-state index contributed by atoms with van der Waals surface area (Å²) in [4.78, 5) is 25.7. The van der Waals surface area contributed by atoms with Crippen LogP contribution in [0.5, 0.6) is 0 Å². The maximum atomic E-state index is 11.4. The third-order valence-corrected chi connectivity index (χ3v) is 3.12. The normalized spacial score (nSPS) is 10.5. The van der Waals surface area contributed by atoms with Crippen molar-refractivity contribution in [1.29, 1.82) is 5.41 Å². The second-order valence-electron chi connectivity index (χ2n) is 5.90. The molecule has 0 radical (unpaired) electrons. The second-order valence-corrected chi connectivity index (χ2v) is 5.90. The number of likely N-dealkylation sites (N-methyl/N-ethyl adjacent to an activating group) is 1. The largest absolute Gasteiger partial charge is 0.464 e. The first kappa shape index (κ1) is 19.8. The molecule has 0 aromatic rings. The molecule has 0 unspecified atom stereocenters. The van der Waals surface area contributed by atoms with Gasteiger partial charge in [0, 0.05) is 18.9 Å². The van der Waals surface area contributed by atoms with Gasteiger partial charge in [0.2, 0.25) is 5.91 Å². The first-order valence-corrected chi connectivity index (χ1v) is 7.17. The molecule has 0 aliphatic heterocycles. The first-order valence-electron chi connectivity index (χ1n) is 7.17. The Morgan fingerprint density at radius 2 is 2.00 bits per heavy atom. The summed E-state index contributed by atoms with van der Waals surface area (Å²) in [6.45, 7) is 12.6. The fourth-order valence-electron chi connectivity index (χ4n) is 1.61. The zero-order valence-electron chi connectivity index (χ0n) is 13.7. The molecule has 0 fully saturated rings. The van der Waals surface area contributed by atoms with Gasteiger partial charge in [-0.1, -0.05) is 13.8 Å². The number of esters is 1. The van der Waals surface area contributed by atoms with Crippen LogP contribution in [0.3, 0.4) is 0 Å². The zero-order chi connectivity index (χ0) is 17.2. The molecule has 122 valence electrons. The van der Waals surface area contributed by atoms with Gasteiger partial charge in [0.15, 0.2) is 0 Å². The highest BCUT2D eigenvalue weighted by molar-refractivity contribution is 5.99. The van der Waals surface area contributed by atoms with Gasteiger partial charge in [0.25, 0.3) is 0 Å². The van der Waals surface area contributed by atoms with Crippen LogP contribution < -0.4 is 5.32 Å². The smallest absolute Gasteiger partial charge is 0.346 e. The summed E-state index contributed by atoms with van der Waals surface area (Å²) in [5.74, 6) is 0.975. The molecule has 0 bridgehead atoms. The van der Waals surface area contributed by atoms with Gasteiger partial charge in [-0.25, -0.2) is 4.85 Å². The predicted octanol–water partition coefficient (Wildman–Crippen LogP) is 0.820. The minimum Gasteiger partial charge on any atom is -0.464 e. The molecular weight excluding hydrogens is 284 g/mol. The maximum Gasteiger partial charge on any atom is 0.346 e. The molecule has 0 atom stereocenters. The molecule has 0 spiro atoms.